The molecule has 1 aromatic carbocycles. The first kappa shape index (κ1) is 20.5. The van der Waals surface area contributed by atoms with Gasteiger partial charge in [0.15, 0.2) is 0 Å². The molecule has 1 aliphatic heterocycles. The number of hydrogen-bond acceptors (Lipinski definition) is 6. The van der Waals surface area contributed by atoms with Crippen molar-refractivity contribution in [2.75, 3.05) is 6.54 Å². The Balaban J connectivity index is 1.99. The summed E-state index contributed by atoms with van der Waals surface area (Å²) in [6.07, 6.45) is -2.74. The van der Waals surface area contributed by atoms with Crippen LogP contribution in [0, 0.1) is 0 Å². The van der Waals surface area contributed by atoms with E-state index in [0.717, 1.165) is 23.8 Å². The molecule has 6 nitrogen and oxygen atoms in total. The van der Waals surface area contributed by atoms with Gasteiger partial charge in [-0.3, -0.25) is 0 Å². The summed E-state index contributed by atoms with van der Waals surface area (Å²) in [7, 11) is -4.14. The van der Waals surface area contributed by atoms with Crippen LogP contribution in [-0.2, 0) is 22.8 Å². The van der Waals surface area contributed by atoms with E-state index in [1.807, 2.05) is 0 Å². The molecule has 0 bridgehead atoms. The number of aliphatic hydroxyl groups excluding tert-OH is 1. The molecule has 2 aromatic rings. The lowest BCUT2D eigenvalue weighted by Gasteiger charge is -2.33. The number of halogens is 4. The maximum Gasteiger partial charge on any atom is 0.416 e. The van der Waals surface area contributed by atoms with Crippen molar-refractivity contribution < 1.29 is 26.7 Å². The average molecular weight is 442 g/mol. The van der Waals surface area contributed by atoms with Crippen LogP contribution in [0.3, 0.4) is 0 Å². The van der Waals surface area contributed by atoms with Gasteiger partial charge in [0.05, 0.1) is 23.2 Å². The molecule has 3 rings (SSSR count). The van der Waals surface area contributed by atoms with E-state index in [4.69, 9.17) is 16.7 Å². The Morgan fingerprint density at radius 2 is 2.04 bits per heavy atom. The number of hydrogen-bond donors (Lipinski definition) is 1. The number of piperidine rings is 1. The molecule has 0 aliphatic carbocycles. The lowest BCUT2D eigenvalue weighted by Crippen LogP contribution is -2.38. The highest BCUT2D eigenvalue weighted by Crippen LogP contribution is 2.39. The van der Waals surface area contributed by atoms with Crippen molar-refractivity contribution in [2.45, 2.75) is 43.0 Å². The Bertz CT molecular complexity index is 934. The van der Waals surface area contributed by atoms with Gasteiger partial charge >= 0.3 is 6.18 Å². The normalized spacial score (nSPS) is 19.4. The molecule has 27 heavy (non-hydrogen) atoms. The Kier molecular flexibility index (Phi) is 5.78. The van der Waals surface area contributed by atoms with Crippen molar-refractivity contribution in [3.8, 4) is 0 Å². The molecule has 0 radical (unpaired) electrons. The second-order valence-corrected chi connectivity index (χ2v) is 9.32. The summed E-state index contributed by atoms with van der Waals surface area (Å²) >= 11 is 7.00. The quantitative estimate of drug-likeness (QED) is 0.783. The van der Waals surface area contributed by atoms with Gasteiger partial charge in [0.25, 0.3) is 0 Å². The summed E-state index contributed by atoms with van der Waals surface area (Å²) < 4.78 is 65.8. The monoisotopic (exact) mass is 441 g/mol. The summed E-state index contributed by atoms with van der Waals surface area (Å²) in [6.45, 7) is -0.111. The van der Waals surface area contributed by atoms with Gasteiger partial charge in [-0.25, -0.2) is 8.42 Å². The maximum absolute atomic E-state index is 13.1. The SMILES string of the molecule is O=S(=O)(c1ccc(C(F)(F)F)cc1Cl)N1CCCC[C@H]1c1nnc(CO)s1. The van der Waals surface area contributed by atoms with Gasteiger partial charge in [0.2, 0.25) is 10.0 Å². The molecule has 0 spiro atoms. The molecule has 0 unspecified atom stereocenters. The summed E-state index contributed by atoms with van der Waals surface area (Å²) in [5, 5.41) is 17.2. The number of aromatic nitrogens is 2. The number of benzene rings is 1. The van der Waals surface area contributed by atoms with Crippen molar-refractivity contribution in [3.05, 3.63) is 38.8 Å². The van der Waals surface area contributed by atoms with Gasteiger partial charge < -0.3 is 5.11 Å². The predicted octanol–water partition coefficient (Wildman–Crippen LogP) is 3.62. The van der Waals surface area contributed by atoms with Gasteiger partial charge in [0.1, 0.15) is 14.9 Å². The van der Waals surface area contributed by atoms with Crippen LogP contribution in [0.4, 0.5) is 13.2 Å². The maximum atomic E-state index is 13.1. The summed E-state index contributed by atoms with van der Waals surface area (Å²) in [5.41, 5.74) is -1.02. The molecule has 12 heteroatoms. The molecule has 1 N–H and O–H groups in total. The highest BCUT2D eigenvalue weighted by molar-refractivity contribution is 7.89. The number of rotatable bonds is 4. The standard InChI is InChI=1S/C15H15ClF3N3O3S2/c16-10-7-9(15(17,18)19)4-5-12(10)27(24,25)22-6-2-1-3-11(22)14-21-20-13(8-23)26-14/h4-5,7,11,23H,1-3,6,8H2/t11-/m0/s1. The first-order valence-electron chi connectivity index (χ1n) is 7.96. The van der Waals surface area contributed by atoms with Gasteiger partial charge in [-0.2, -0.15) is 17.5 Å². The second kappa shape index (κ2) is 7.63. The molecule has 1 atom stereocenters. The Hall–Kier alpha value is -1.27. The topological polar surface area (TPSA) is 83.4 Å². The molecule has 148 valence electrons. The molecule has 0 saturated carbocycles. The van der Waals surface area contributed by atoms with Crippen LogP contribution in [0.5, 0.6) is 0 Å². The van der Waals surface area contributed by atoms with E-state index < -0.39 is 32.8 Å². The fourth-order valence-corrected chi connectivity index (χ4v) is 6.02. The van der Waals surface area contributed by atoms with Gasteiger partial charge in [-0.1, -0.05) is 29.4 Å². The number of alkyl halides is 3. The van der Waals surface area contributed by atoms with Gasteiger partial charge in [-0.05, 0) is 31.0 Å². The zero-order valence-corrected chi connectivity index (χ0v) is 16.2. The van der Waals surface area contributed by atoms with E-state index in [-0.39, 0.29) is 18.0 Å². The molecule has 1 aliphatic rings. The minimum Gasteiger partial charge on any atom is -0.389 e. The van der Waals surface area contributed by atoms with Crippen LogP contribution in [0.15, 0.2) is 23.1 Å². The minimum atomic E-state index is -4.62. The zero-order chi connectivity index (χ0) is 19.8. The number of sulfonamides is 1. The predicted molar refractivity (Wildman–Crippen MR) is 92.8 cm³/mol. The second-order valence-electron chi connectivity index (χ2n) is 5.96. The fourth-order valence-electron chi connectivity index (χ4n) is 2.92. The molecule has 1 fully saturated rings. The van der Waals surface area contributed by atoms with Crippen LogP contribution in [0.1, 0.15) is 40.9 Å². The zero-order valence-electron chi connectivity index (χ0n) is 13.8. The Morgan fingerprint density at radius 1 is 1.30 bits per heavy atom. The third-order valence-electron chi connectivity index (χ3n) is 4.20. The Labute approximate surface area is 162 Å². The minimum absolute atomic E-state index is 0.193. The molecular formula is C15H15ClF3N3O3S2. The number of aliphatic hydroxyl groups is 1. The average Bonchev–Trinajstić information content (AvgIpc) is 3.09. The van der Waals surface area contributed by atoms with Crippen molar-refractivity contribution >= 4 is 33.0 Å². The van der Waals surface area contributed by atoms with E-state index in [0.29, 0.717) is 35.0 Å². The van der Waals surface area contributed by atoms with Gasteiger partial charge in [0, 0.05) is 6.54 Å². The Morgan fingerprint density at radius 3 is 2.63 bits per heavy atom. The van der Waals surface area contributed by atoms with Crippen LogP contribution >= 0.6 is 22.9 Å². The van der Waals surface area contributed by atoms with Gasteiger partial charge in [-0.15, -0.1) is 10.2 Å². The molecule has 0 amide bonds. The molecule has 1 aromatic heterocycles. The van der Waals surface area contributed by atoms with Crippen LogP contribution in [-0.4, -0.2) is 34.6 Å². The summed E-state index contributed by atoms with van der Waals surface area (Å²) in [4.78, 5) is -0.379. The summed E-state index contributed by atoms with van der Waals surface area (Å²) in [6, 6.07) is 1.60. The first-order chi connectivity index (χ1) is 12.6. The van der Waals surface area contributed by atoms with Crippen molar-refractivity contribution in [1.29, 1.82) is 0 Å². The largest absolute Gasteiger partial charge is 0.416 e. The third kappa shape index (κ3) is 4.11. The lowest BCUT2D eigenvalue weighted by molar-refractivity contribution is -0.137. The third-order valence-corrected chi connectivity index (χ3v) is 7.60. The van der Waals surface area contributed by atoms with Crippen LogP contribution < -0.4 is 0 Å². The van der Waals surface area contributed by atoms with Crippen LogP contribution in [0.2, 0.25) is 5.02 Å². The molecule has 1 saturated heterocycles. The fraction of sp³-hybridized carbons (Fsp3) is 0.467. The van der Waals surface area contributed by atoms with Crippen molar-refractivity contribution in [2.24, 2.45) is 0 Å². The first-order valence-corrected chi connectivity index (χ1v) is 10.6. The highest BCUT2D eigenvalue weighted by Gasteiger charge is 2.38. The van der Waals surface area contributed by atoms with E-state index in [1.54, 1.807) is 0 Å². The lowest BCUT2D eigenvalue weighted by atomic mass is 10.1. The number of nitrogens with zero attached hydrogens (tertiary/aromatic N) is 3. The van der Waals surface area contributed by atoms with E-state index in [9.17, 15) is 21.6 Å². The molecular weight excluding hydrogens is 427 g/mol. The van der Waals surface area contributed by atoms with Crippen molar-refractivity contribution in [1.82, 2.24) is 14.5 Å². The van der Waals surface area contributed by atoms with E-state index >= 15 is 0 Å². The van der Waals surface area contributed by atoms with Crippen molar-refractivity contribution in [3.63, 3.8) is 0 Å². The highest BCUT2D eigenvalue weighted by atomic mass is 35.5. The summed E-state index contributed by atoms with van der Waals surface area (Å²) in [5.74, 6) is 0. The van der Waals surface area contributed by atoms with E-state index in [2.05, 4.69) is 10.2 Å². The van der Waals surface area contributed by atoms with Crippen LogP contribution in [0.25, 0.3) is 0 Å². The smallest absolute Gasteiger partial charge is 0.389 e. The molecule has 2 heterocycles. The van der Waals surface area contributed by atoms with E-state index in [1.165, 1.54) is 4.31 Å².